The molecule has 1 aromatic rings. The van der Waals surface area contributed by atoms with E-state index < -0.39 is 36.9 Å². The van der Waals surface area contributed by atoms with Crippen LogP contribution in [0.1, 0.15) is 18.1 Å². The van der Waals surface area contributed by atoms with Crippen molar-refractivity contribution >= 4 is 0 Å². The van der Waals surface area contributed by atoms with Gasteiger partial charge in [0.15, 0.2) is 0 Å². The van der Waals surface area contributed by atoms with Gasteiger partial charge in [-0.1, -0.05) is 12.1 Å². The maximum Gasteiger partial charge on any atom is 0.573 e. The van der Waals surface area contributed by atoms with Crippen molar-refractivity contribution in [3.05, 3.63) is 29.8 Å². The molecule has 0 bridgehead atoms. The summed E-state index contributed by atoms with van der Waals surface area (Å²) < 4.78 is 75.8. The average Bonchev–Trinajstić information content (AvgIpc) is 2.26. The van der Waals surface area contributed by atoms with Crippen LogP contribution in [0.25, 0.3) is 0 Å². The van der Waals surface area contributed by atoms with Crippen LogP contribution in [0.2, 0.25) is 0 Å². The first-order valence-electron chi connectivity index (χ1n) is 5.35. The van der Waals surface area contributed by atoms with Crippen molar-refractivity contribution in [3.63, 3.8) is 0 Å². The number of nitrogens with two attached hydrogens (primary N) is 1. The molecule has 1 aromatic carbocycles. The lowest BCUT2D eigenvalue weighted by molar-refractivity contribution is -0.274. The molecule has 2 atom stereocenters. The Labute approximate surface area is 109 Å². The highest BCUT2D eigenvalue weighted by atomic mass is 19.4. The van der Waals surface area contributed by atoms with Crippen LogP contribution in [0.15, 0.2) is 24.3 Å². The third kappa shape index (κ3) is 5.25. The molecular formula is C11H11F6NO2. The van der Waals surface area contributed by atoms with Crippen molar-refractivity contribution in [2.75, 3.05) is 0 Å². The number of alkyl halides is 6. The average molecular weight is 303 g/mol. The lowest BCUT2D eigenvalue weighted by Gasteiger charge is -2.19. The molecule has 0 aliphatic carbocycles. The first-order valence-corrected chi connectivity index (χ1v) is 5.35. The summed E-state index contributed by atoms with van der Waals surface area (Å²) in [6, 6.07) is 1.64. The summed E-state index contributed by atoms with van der Waals surface area (Å²) in [6.45, 7) is 0. The van der Waals surface area contributed by atoms with E-state index in [4.69, 9.17) is 5.73 Å². The zero-order valence-corrected chi connectivity index (χ0v) is 9.87. The van der Waals surface area contributed by atoms with Gasteiger partial charge in [0.25, 0.3) is 0 Å². The predicted molar refractivity (Wildman–Crippen MR) is 56.7 cm³/mol. The highest BCUT2D eigenvalue weighted by Gasteiger charge is 2.38. The smallest absolute Gasteiger partial charge is 0.406 e. The Bertz CT molecular complexity index is 428. The fourth-order valence-electron chi connectivity index (χ4n) is 1.40. The van der Waals surface area contributed by atoms with Gasteiger partial charge in [0.05, 0.1) is 6.10 Å². The van der Waals surface area contributed by atoms with Crippen molar-refractivity contribution in [2.24, 2.45) is 5.73 Å². The Balaban J connectivity index is 2.69. The second kappa shape index (κ2) is 5.88. The molecule has 0 aliphatic heterocycles. The second-order valence-corrected chi connectivity index (χ2v) is 4.02. The molecule has 0 fully saturated rings. The van der Waals surface area contributed by atoms with Gasteiger partial charge in [-0.2, -0.15) is 13.2 Å². The minimum Gasteiger partial charge on any atom is -0.406 e. The SMILES string of the molecule is N[C@@H](C[C@@H](O)c1ccc(OC(F)(F)F)cc1)C(F)(F)F. The van der Waals surface area contributed by atoms with Crippen molar-refractivity contribution in [2.45, 2.75) is 31.1 Å². The molecule has 0 heterocycles. The molecular weight excluding hydrogens is 292 g/mol. The summed E-state index contributed by atoms with van der Waals surface area (Å²) in [7, 11) is 0. The number of aliphatic hydroxyl groups is 1. The Hall–Kier alpha value is -1.48. The second-order valence-electron chi connectivity index (χ2n) is 4.02. The summed E-state index contributed by atoms with van der Waals surface area (Å²) >= 11 is 0. The fraction of sp³-hybridized carbons (Fsp3) is 0.455. The molecule has 0 amide bonds. The van der Waals surface area contributed by atoms with E-state index in [0.717, 1.165) is 24.3 Å². The van der Waals surface area contributed by atoms with E-state index in [1.165, 1.54) is 0 Å². The quantitative estimate of drug-likeness (QED) is 0.841. The van der Waals surface area contributed by atoms with Crippen LogP contribution in [0.3, 0.4) is 0 Å². The molecule has 9 heteroatoms. The summed E-state index contributed by atoms with van der Waals surface area (Å²) in [4.78, 5) is 0. The minimum absolute atomic E-state index is 0.0132. The van der Waals surface area contributed by atoms with Crippen LogP contribution in [0.4, 0.5) is 26.3 Å². The zero-order valence-electron chi connectivity index (χ0n) is 9.87. The van der Waals surface area contributed by atoms with E-state index in [1.54, 1.807) is 0 Å². The predicted octanol–water partition coefficient (Wildman–Crippen LogP) is 2.90. The van der Waals surface area contributed by atoms with Crippen LogP contribution in [0.5, 0.6) is 5.75 Å². The number of halogens is 6. The van der Waals surface area contributed by atoms with Crippen molar-refractivity contribution in [1.29, 1.82) is 0 Å². The van der Waals surface area contributed by atoms with E-state index >= 15 is 0 Å². The number of rotatable bonds is 4. The zero-order chi connectivity index (χ0) is 15.6. The molecule has 0 unspecified atom stereocenters. The molecule has 114 valence electrons. The Morgan fingerprint density at radius 3 is 1.95 bits per heavy atom. The van der Waals surface area contributed by atoms with Crippen LogP contribution >= 0.6 is 0 Å². The highest BCUT2D eigenvalue weighted by Crippen LogP contribution is 2.29. The van der Waals surface area contributed by atoms with Gasteiger partial charge in [0.2, 0.25) is 0 Å². The molecule has 3 nitrogen and oxygen atoms in total. The van der Waals surface area contributed by atoms with Crippen LogP contribution in [0, 0.1) is 0 Å². The lowest BCUT2D eigenvalue weighted by atomic mass is 10.0. The number of benzene rings is 1. The minimum atomic E-state index is -4.86. The maximum atomic E-state index is 12.2. The van der Waals surface area contributed by atoms with Crippen molar-refractivity contribution < 1.29 is 36.2 Å². The Kier molecular flexibility index (Phi) is 4.87. The standard InChI is InChI=1S/C11H11F6NO2/c12-10(13,14)9(18)5-8(19)6-1-3-7(4-2-6)20-11(15,16)17/h1-4,8-9,19H,5,18H2/t8-,9+/m1/s1. The van der Waals surface area contributed by atoms with E-state index in [1.807, 2.05) is 0 Å². The van der Waals surface area contributed by atoms with Crippen molar-refractivity contribution in [3.8, 4) is 5.75 Å². The Morgan fingerprint density at radius 1 is 1.05 bits per heavy atom. The van der Waals surface area contributed by atoms with Gasteiger partial charge in [0, 0.05) is 6.42 Å². The largest absolute Gasteiger partial charge is 0.573 e. The first-order chi connectivity index (χ1) is 8.99. The Morgan fingerprint density at radius 2 is 1.55 bits per heavy atom. The highest BCUT2D eigenvalue weighted by molar-refractivity contribution is 5.28. The molecule has 0 aliphatic rings. The van der Waals surface area contributed by atoms with Crippen LogP contribution in [-0.4, -0.2) is 23.7 Å². The molecule has 0 saturated heterocycles. The van der Waals surface area contributed by atoms with Gasteiger partial charge in [-0.25, -0.2) is 0 Å². The molecule has 1 rings (SSSR count). The summed E-state index contributed by atoms with van der Waals surface area (Å²) in [5.74, 6) is -0.534. The number of hydrogen-bond donors (Lipinski definition) is 2. The summed E-state index contributed by atoms with van der Waals surface area (Å²) in [5, 5.41) is 9.53. The fourth-order valence-corrected chi connectivity index (χ4v) is 1.40. The van der Waals surface area contributed by atoms with Gasteiger partial charge < -0.3 is 15.6 Å². The molecule has 3 N–H and O–H groups in total. The van der Waals surface area contributed by atoms with Gasteiger partial charge in [-0.15, -0.1) is 13.2 Å². The molecule has 0 aromatic heterocycles. The summed E-state index contributed by atoms with van der Waals surface area (Å²) in [5.41, 5.74) is 4.86. The van der Waals surface area contributed by atoms with Gasteiger partial charge >= 0.3 is 12.5 Å². The third-order valence-electron chi connectivity index (χ3n) is 2.40. The third-order valence-corrected chi connectivity index (χ3v) is 2.40. The van der Waals surface area contributed by atoms with Crippen molar-refractivity contribution in [1.82, 2.24) is 0 Å². The topological polar surface area (TPSA) is 55.5 Å². The van der Waals surface area contributed by atoms with Gasteiger partial charge in [-0.3, -0.25) is 0 Å². The van der Waals surface area contributed by atoms with Gasteiger partial charge in [-0.05, 0) is 17.7 Å². The normalized spacial score (nSPS) is 15.8. The molecule has 0 radical (unpaired) electrons. The van der Waals surface area contributed by atoms with E-state index in [-0.39, 0.29) is 5.56 Å². The monoisotopic (exact) mass is 303 g/mol. The maximum absolute atomic E-state index is 12.2. The van der Waals surface area contributed by atoms with Gasteiger partial charge in [0.1, 0.15) is 11.8 Å². The number of aliphatic hydroxyl groups excluding tert-OH is 1. The molecule has 0 saturated carbocycles. The molecule has 20 heavy (non-hydrogen) atoms. The number of ether oxygens (including phenoxy) is 1. The van der Waals surface area contributed by atoms with E-state index in [0.29, 0.717) is 0 Å². The number of hydrogen-bond acceptors (Lipinski definition) is 3. The van der Waals surface area contributed by atoms with Crippen LogP contribution < -0.4 is 10.5 Å². The molecule has 0 spiro atoms. The van der Waals surface area contributed by atoms with E-state index in [2.05, 4.69) is 4.74 Å². The van der Waals surface area contributed by atoms with Crippen LogP contribution in [-0.2, 0) is 0 Å². The van der Waals surface area contributed by atoms with E-state index in [9.17, 15) is 31.4 Å². The lowest BCUT2D eigenvalue weighted by Crippen LogP contribution is -2.38. The summed E-state index contributed by atoms with van der Waals surface area (Å²) in [6.07, 6.45) is -11.8. The first kappa shape index (κ1) is 16.6.